The molecule has 1 unspecified atom stereocenters. The summed E-state index contributed by atoms with van der Waals surface area (Å²) in [6.45, 7) is -0.670. The second-order valence-electron chi connectivity index (χ2n) is 10.4. The average molecular weight is 605 g/mol. The van der Waals surface area contributed by atoms with Gasteiger partial charge in [-0.3, -0.25) is 18.8 Å². The highest BCUT2D eigenvalue weighted by molar-refractivity contribution is 8.30. The van der Waals surface area contributed by atoms with Gasteiger partial charge >= 0.3 is 11.6 Å². The van der Waals surface area contributed by atoms with E-state index < -0.39 is 68.0 Å². The first-order valence-corrected chi connectivity index (χ1v) is 15.1. The lowest BCUT2D eigenvalue weighted by atomic mass is 9.91. The van der Waals surface area contributed by atoms with Crippen molar-refractivity contribution in [1.82, 2.24) is 13.9 Å². The van der Waals surface area contributed by atoms with E-state index in [0.717, 1.165) is 15.3 Å². The second-order valence-corrected chi connectivity index (χ2v) is 14.3. The number of methoxy groups -OCH3 is 2. The van der Waals surface area contributed by atoms with Crippen LogP contribution in [0.2, 0.25) is 0 Å². The van der Waals surface area contributed by atoms with Crippen LogP contribution in [0.4, 0.5) is 26.3 Å². The van der Waals surface area contributed by atoms with Gasteiger partial charge in [-0.1, -0.05) is 0 Å². The van der Waals surface area contributed by atoms with Crippen LogP contribution in [-0.4, -0.2) is 61.1 Å². The predicted octanol–water partition coefficient (Wildman–Crippen LogP) is 4.76. The van der Waals surface area contributed by atoms with E-state index in [4.69, 9.17) is 4.74 Å². The minimum Gasteiger partial charge on any atom is -0.388 e. The molecule has 0 amide bonds. The van der Waals surface area contributed by atoms with Crippen LogP contribution in [0.1, 0.15) is 22.4 Å². The third-order valence-corrected chi connectivity index (χ3v) is 7.44. The van der Waals surface area contributed by atoms with Crippen LogP contribution in [0, 0.1) is 23.3 Å². The van der Waals surface area contributed by atoms with Crippen molar-refractivity contribution in [2.24, 2.45) is 4.99 Å². The molecular weight excluding hydrogens is 574 g/mol. The summed E-state index contributed by atoms with van der Waals surface area (Å²) in [6, 6.07) is 0.884. The number of ether oxygens (including phenoxy) is 2. The highest BCUT2D eigenvalue weighted by Gasteiger charge is 2.52. The van der Waals surface area contributed by atoms with Crippen LogP contribution in [-0.2, 0) is 35.1 Å². The monoisotopic (exact) mass is 604 g/mol. The number of alkyl halides is 2. The van der Waals surface area contributed by atoms with Gasteiger partial charge in [0.15, 0.2) is 0 Å². The molecule has 2 aliphatic heterocycles. The zero-order valence-electron chi connectivity index (χ0n) is 23.3. The maximum absolute atomic E-state index is 15.8. The fourth-order valence-electron chi connectivity index (χ4n) is 4.96. The van der Waals surface area contributed by atoms with Crippen molar-refractivity contribution < 1.29 is 35.8 Å². The highest BCUT2D eigenvalue weighted by atomic mass is 32.3. The highest BCUT2D eigenvalue weighted by Crippen LogP contribution is 2.43. The lowest BCUT2D eigenvalue weighted by molar-refractivity contribution is -0.0243. The van der Waals surface area contributed by atoms with Gasteiger partial charge in [0.25, 0.3) is 0 Å². The molecule has 0 saturated heterocycles. The molecule has 1 N–H and O–H groups in total. The van der Waals surface area contributed by atoms with Gasteiger partial charge in [-0.15, -0.1) is 0 Å². The lowest BCUT2D eigenvalue weighted by Crippen LogP contribution is -2.42. The molecule has 0 bridgehead atoms. The Morgan fingerprint density at radius 2 is 1.63 bits per heavy atom. The second kappa shape index (κ2) is 11.3. The number of aromatic nitrogens is 2. The van der Waals surface area contributed by atoms with Crippen molar-refractivity contribution in [3.05, 3.63) is 80.5 Å². The molecule has 1 atom stereocenters. The minimum absolute atomic E-state index is 0.0438. The number of rotatable bonds is 5. The largest absolute Gasteiger partial charge is 0.388 e. The van der Waals surface area contributed by atoms with Gasteiger partial charge in [0.2, 0.25) is 0 Å². The SMILES string of the molecule is COC.COCc1cc2c(c(-c3c(F)cc(F)cc3F)c1F)C(n1cc3n(c1=O)CC(NS(C)(C)C)C3(F)F)=NC2. The van der Waals surface area contributed by atoms with E-state index in [9.17, 15) is 18.0 Å². The lowest BCUT2D eigenvalue weighted by Gasteiger charge is -2.33. The molecule has 41 heavy (non-hydrogen) atoms. The quantitative estimate of drug-likeness (QED) is 0.427. The Kier molecular flexibility index (Phi) is 8.52. The van der Waals surface area contributed by atoms with Crippen molar-refractivity contribution >= 4 is 16.0 Å². The molecule has 224 valence electrons. The van der Waals surface area contributed by atoms with E-state index in [0.29, 0.717) is 17.7 Å². The van der Waals surface area contributed by atoms with Crippen molar-refractivity contribution in [1.29, 1.82) is 0 Å². The van der Waals surface area contributed by atoms with E-state index in [1.54, 1.807) is 33.0 Å². The van der Waals surface area contributed by atoms with Crippen LogP contribution in [0.15, 0.2) is 34.2 Å². The summed E-state index contributed by atoms with van der Waals surface area (Å²) in [6.07, 6.45) is 6.35. The number of fused-ring (bicyclic) bond motifs is 2. The van der Waals surface area contributed by atoms with Gasteiger partial charge in [-0.25, -0.2) is 22.4 Å². The molecule has 2 aliphatic rings. The number of nitrogens with zero attached hydrogens (tertiary/aromatic N) is 3. The van der Waals surface area contributed by atoms with Crippen molar-refractivity contribution in [3.8, 4) is 11.1 Å². The van der Waals surface area contributed by atoms with Crippen molar-refractivity contribution in [2.45, 2.75) is 31.7 Å². The summed E-state index contributed by atoms with van der Waals surface area (Å²) in [4.78, 5) is 17.6. The third kappa shape index (κ3) is 5.57. The molecule has 5 rings (SSSR count). The fraction of sp³-hybridized carbons (Fsp3) is 0.407. The Labute approximate surface area is 234 Å². The third-order valence-electron chi connectivity index (χ3n) is 6.45. The standard InChI is InChI=1S/C25H24F6N4O2S.C2H6O/c1-37-11-13-5-12-8-32-23(19(12)21(22(13)29)20-15(27)6-14(26)7-16(20)28)35-10-18-25(30,31)17(33-38(2,3)4)9-34(18)24(35)36;1-3-2/h5-7,10,17,33H,8-9,11H2,1-4H3;1-2H3. The van der Waals surface area contributed by atoms with E-state index >= 15 is 13.2 Å². The van der Waals surface area contributed by atoms with E-state index in [1.165, 1.54) is 13.2 Å². The molecule has 7 nitrogen and oxygen atoms in total. The molecule has 14 heteroatoms. The van der Waals surface area contributed by atoms with Crippen molar-refractivity contribution in [2.75, 3.05) is 40.1 Å². The van der Waals surface area contributed by atoms with E-state index in [1.807, 2.05) is 0 Å². The summed E-state index contributed by atoms with van der Waals surface area (Å²) in [7, 11) is 3.02. The molecule has 1 aromatic heterocycles. The first kappa shape index (κ1) is 30.9. The Balaban J connectivity index is 0.00000124. The van der Waals surface area contributed by atoms with Crippen LogP contribution >= 0.6 is 10.2 Å². The smallest absolute Gasteiger partial charge is 0.334 e. The number of hydrogen-bond donors (Lipinski definition) is 1. The van der Waals surface area contributed by atoms with E-state index in [-0.39, 0.29) is 36.7 Å². The van der Waals surface area contributed by atoms with Crippen molar-refractivity contribution in [3.63, 3.8) is 0 Å². The zero-order chi connectivity index (χ0) is 30.4. The first-order valence-electron chi connectivity index (χ1n) is 12.3. The number of hydrogen-bond acceptors (Lipinski definition) is 5. The Bertz CT molecular complexity index is 1560. The Morgan fingerprint density at radius 3 is 2.17 bits per heavy atom. The van der Waals surface area contributed by atoms with Gasteiger partial charge in [-0.05, 0) is 30.4 Å². The molecule has 0 radical (unpaired) electrons. The summed E-state index contributed by atoms with van der Waals surface area (Å²) in [5.74, 6) is -8.66. The molecule has 0 fully saturated rings. The van der Waals surface area contributed by atoms with E-state index in [2.05, 4.69) is 14.5 Å². The number of nitrogens with one attached hydrogen (secondary N) is 1. The average Bonchev–Trinajstić information content (AvgIpc) is 3.47. The molecule has 0 spiro atoms. The summed E-state index contributed by atoms with van der Waals surface area (Å²) in [5, 5.41) is 0. The zero-order valence-corrected chi connectivity index (χ0v) is 24.1. The minimum atomic E-state index is -3.40. The summed E-state index contributed by atoms with van der Waals surface area (Å²) < 4.78 is 104. The van der Waals surface area contributed by atoms with Crippen LogP contribution in [0.5, 0.6) is 0 Å². The molecular formula is C27H30F6N4O3S. The van der Waals surface area contributed by atoms with Gasteiger partial charge in [0.05, 0.1) is 25.3 Å². The van der Waals surface area contributed by atoms with Crippen LogP contribution in [0.3, 0.4) is 0 Å². The van der Waals surface area contributed by atoms with Gasteiger partial charge < -0.3 is 9.47 Å². The maximum Gasteiger partial charge on any atom is 0.334 e. The number of halogens is 6. The van der Waals surface area contributed by atoms with Crippen LogP contribution < -0.4 is 10.4 Å². The number of imidazole rings is 1. The van der Waals surface area contributed by atoms with Gasteiger partial charge in [0.1, 0.15) is 40.8 Å². The molecule has 0 aliphatic carbocycles. The van der Waals surface area contributed by atoms with Gasteiger partial charge in [0, 0.05) is 56.3 Å². The fourth-order valence-corrected chi connectivity index (χ4v) is 6.03. The predicted molar refractivity (Wildman–Crippen MR) is 146 cm³/mol. The Morgan fingerprint density at radius 1 is 1.02 bits per heavy atom. The molecule has 2 aromatic carbocycles. The van der Waals surface area contributed by atoms with Crippen LogP contribution in [0.25, 0.3) is 11.1 Å². The van der Waals surface area contributed by atoms with Gasteiger partial charge in [-0.2, -0.15) is 19.0 Å². The Hall–Kier alpha value is -3.07. The molecule has 3 heterocycles. The first-order chi connectivity index (χ1) is 19.2. The maximum atomic E-state index is 15.8. The number of benzene rings is 2. The number of aliphatic imine (C=N–C) groups is 1. The normalized spacial score (nSPS) is 17.6. The molecule has 3 aromatic rings. The summed E-state index contributed by atoms with van der Waals surface area (Å²) >= 11 is 0. The molecule has 0 saturated carbocycles. The topological polar surface area (TPSA) is 69.8 Å². The summed E-state index contributed by atoms with van der Waals surface area (Å²) in [5.41, 5.74) is -2.76.